The van der Waals surface area contributed by atoms with Crippen molar-refractivity contribution in [3.05, 3.63) is 99.0 Å². The topological polar surface area (TPSA) is 57.6 Å². The van der Waals surface area contributed by atoms with Gasteiger partial charge in [0.05, 0.1) is 11.6 Å². The highest BCUT2D eigenvalue weighted by Crippen LogP contribution is 2.41. The molecule has 31 heavy (non-hydrogen) atoms. The Kier molecular flexibility index (Phi) is 6.00. The Morgan fingerprint density at radius 3 is 2.32 bits per heavy atom. The highest BCUT2D eigenvalue weighted by Gasteiger charge is 2.46. The first-order chi connectivity index (χ1) is 15.0. The standard InChI is InChI=1S/C25H22FNO3S/c1-2-16-5-9-18(10-6-16)23(28)21-22(20-4-3-15-31-20)27(25(30)24(21)29)14-13-17-7-11-19(26)12-8-17/h3-12,15,22,28H,2,13-14H2,1H3/b23-21-. The average molecular weight is 436 g/mol. The Balaban J connectivity index is 1.71. The summed E-state index contributed by atoms with van der Waals surface area (Å²) < 4.78 is 13.2. The van der Waals surface area contributed by atoms with Gasteiger partial charge in [-0.25, -0.2) is 4.39 Å². The lowest BCUT2D eigenvalue weighted by Gasteiger charge is -2.24. The monoisotopic (exact) mass is 435 g/mol. The molecule has 0 bridgehead atoms. The number of amides is 1. The largest absolute Gasteiger partial charge is 0.507 e. The molecular formula is C25H22FNO3S. The number of thiophene rings is 1. The van der Waals surface area contributed by atoms with Gasteiger partial charge >= 0.3 is 0 Å². The number of hydrogen-bond donors (Lipinski definition) is 1. The highest BCUT2D eigenvalue weighted by molar-refractivity contribution is 7.10. The second-order valence-electron chi connectivity index (χ2n) is 7.43. The Labute approximate surface area is 184 Å². The maximum atomic E-state index is 13.2. The Bertz CT molecular complexity index is 1120. The SMILES string of the molecule is CCc1ccc(/C(O)=C2/C(=O)C(=O)N(CCc3ccc(F)cc3)C2c2cccs2)cc1. The summed E-state index contributed by atoms with van der Waals surface area (Å²) in [4.78, 5) is 28.2. The molecule has 158 valence electrons. The van der Waals surface area contributed by atoms with E-state index in [0.717, 1.165) is 22.4 Å². The van der Waals surface area contributed by atoms with Crippen LogP contribution < -0.4 is 0 Å². The van der Waals surface area contributed by atoms with Gasteiger partial charge in [-0.15, -0.1) is 11.3 Å². The quantitative estimate of drug-likeness (QED) is 0.332. The van der Waals surface area contributed by atoms with Crippen LogP contribution in [0.1, 0.15) is 34.5 Å². The van der Waals surface area contributed by atoms with Gasteiger partial charge < -0.3 is 10.0 Å². The number of aliphatic hydroxyl groups is 1. The third kappa shape index (κ3) is 4.16. The molecule has 1 aliphatic rings. The summed E-state index contributed by atoms with van der Waals surface area (Å²) in [6.45, 7) is 2.32. The molecule has 2 heterocycles. The van der Waals surface area contributed by atoms with Gasteiger partial charge in [0.2, 0.25) is 0 Å². The fourth-order valence-corrected chi connectivity index (χ4v) is 4.65. The molecule has 3 aromatic rings. The number of ketones is 1. The van der Waals surface area contributed by atoms with Crippen LogP contribution in [0.5, 0.6) is 0 Å². The van der Waals surface area contributed by atoms with Gasteiger partial charge in [-0.1, -0.05) is 49.4 Å². The molecule has 1 N–H and O–H groups in total. The molecule has 1 atom stereocenters. The zero-order valence-electron chi connectivity index (χ0n) is 17.0. The molecule has 1 amide bonds. The number of likely N-dealkylation sites (tertiary alicyclic amines) is 1. The molecule has 1 fully saturated rings. The summed E-state index contributed by atoms with van der Waals surface area (Å²) in [6, 6.07) is 16.5. The van der Waals surface area contributed by atoms with E-state index in [0.29, 0.717) is 12.0 Å². The van der Waals surface area contributed by atoms with Gasteiger partial charge in [-0.05, 0) is 47.5 Å². The summed E-state index contributed by atoms with van der Waals surface area (Å²) in [6.07, 6.45) is 1.34. The molecule has 6 heteroatoms. The van der Waals surface area contributed by atoms with E-state index < -0.39 is 17.7 Å². The first kappa shape index (κ1) is 21.0. The number of nitrogens with zero attached hydrogens (tertiary/aromatic N) is 1. The molecule has 1 aromatic heterocycles. The lowest BCUT2D eigenvalue weighted by Crippen LogP contribution is -2.31. The van der Waals surface area contributed by atoms with Crippen molar-refractivity contribution in [1.82, 2.24) is 4.90 Å². The van der Waals surface area contributed by atoms with Gasteiger partial charge in [-0.3, -0.25) is 9.59 Å². The summed E-state index contributed by atoms with van der Waals surface area (Å²) in [7, 11) is 0. The second-order valence-corrected chi connectivity index (χ2v) is 8.41. The van der Waals surface area contributed by atoms with Crippen LogP contribution in [0.2, 0.25) is 0 Å². The number of carbonyl (C=O) groups excluding carboxylic acids is 2. The zero-order valence-corrected chi connectivity index (χ0v) is 17.9. The van der Waals surface area contributed by atoms with E-state index in [2.05, 4.69) is 0 Å². The maximum Gasteiger partial charge on any atom is 0.295 e. The Morgan fingerprint density at radius 2 is 1.71 bits per heavy atom. The maximum absolute atomic E-state index is 13.2. The van der Waals surface area contributed by atoms with Crippen molar-refractivity contribution >= 4 is 28.8 Å². The number of aryl methyl sites for hydroxylation is 1. The van der Waals surface area contributed by atoms with Gasteiger partial charge in [0, 0.05) is 17.0 Å². The highest BCUT2D eigenvalue weighted by atomic mass is 32.1. The third-order valence-corrected chi connectivity index (χ3v) is 6.47. The minimum absolute atomic E-state index is 0.107. The average Bonchev–Trinajstić information content (AvgIpc) is 3.40. The normalized spacial score (nSPS) is 18.0. The summed E-state index contributed by atoms with van der Waals surface area (Å²) >= 11 is 1.43. The van der Waals surface area contributed by atoms with Crippen LogP contribution in [0.3, 0.4) is 0 Å². The first-order valence-corrected chi connectivity index (χ1v) is 11.0. The number of hydrogen-bond acceptors (Lipinski definition) is 4. The zero-order chi connectivity index (χ0) is 22.0. The smallest absolute Gasteiger partial charge is 0.295 e. The molecule has 1 unspecified atom stereocenters. The first-order valence-electron chi connectivity index (χ1n) is 10.1. The van der Waals surface area contributed by atoms with Crippen molar-refractivity contribution in [1.29, 1.82) is 0 Å². The van der Waals surface area contributed by atoms with Crippen molar-refractivity contribution < 1.29 is 19.1 Å². The molecule has 4 nitrogen and oxygen atoms in total. The van der Waals surface area contributed by atoms with E-state index in [1.54, 1.807) is 24.3 Å². The van der Waals surface area contributed by atoms with Gasteiger partial charge in [-0.2, -0.15) is 0 Å². The lowest BCUT2D eigenvalue weighted by molar-refractivity contribution is -0.139. The number of Topliss-reactive ketones (excluding diaryl/α,β-unsaturated/α-hetero) is 1. The van der Waals surface area contributed by atoms with Crippen molar-refractivity contribution in [3.8, 4) is 0 Å². The molecular weight excluding hydrogens is 413 g/mol. The third-order valence-electron chi connectivity index (χ3n) is 5.54. The second kappa shape index (κ2) is 8.86. The number of benzene rings is 2. The van der Waals surface area contributed by atoms with Gasteiger partial charge in [0.25, 0.3) is 11.7 Å². The van der Waals surface area contributed by atoms with Crippen LogP contribution in [0.4, 0.5) is 4.39 Å². The van der Waals surface area contributed by atoms with Crippen LogP contribution in [0.15, 0.2) is 71.6 Å². The lowest BCUT2D eigenvalue weighted by atomic mass is 9.99. The molecule has 0 radical (unpaired) electrons. The summed E-state index contributed by atoms with van der Waals surface area (Å²) in [5.41, 5.74) is 2.60. The number of halogens is 1. The van der Waals surface area contributed by atoms with Crippen LogP contribution in [0, 0.1) is 5.82 Å². The number of aliphatic hydroxyl groups excluding tert-OH is 1. The van der Waals surface area contributed by atoms with E-state index >= 15 is 0 Å². The van der Waals surface area contributed by atoms with Gasteiger partial charge in [0.15, 0.2) is 0 Å². The predicted octanol–water partition coefficient (Wildman–Crippen LogP) is 5.11. The van der Waals surface area contributed by atoms with Gasteiger partial charge in [0.1, 0.15) is 11.6 Å². The van der Waals surface area contributed by atoms with Crippen LogP contribution in [-0.2, 0) is 22.4 Å². The summed E-state index contributed by atoms with van der Waals surface area (Å²) in [5, 5.41) is 12.9. The van der Waals surface area contributed by atoms with E-state index in [1.165, 1.54) is 28.4 Å². The van der Waals surface area contributed by atoms with Crippen molar-refractivity contribution in [3.63, 3.8) is 0 Å². The van der Waals surface area contributed by atoms with Crippen molar-refractivity contribution in [2.75, 3.05) is 6.54 Å². The van der Waals surface area contributed by atoms with Crippen LogP contribution >= 0.6 is 11.3 Å². The minimum atomic E-state index is -0.686. The van der Waals surface area contributed by atoms with E-state index in [9.17, 15) is 19.1 Å². The summed E-state index contributed by atoms with van der Waals surface area (Å²) in [5.74, 6) is -1.80. The van der Waals surface area contributed by atoms with E-state index in [4.69, 9.17) is 0 Å². The Hall–Kier alpha value is -3.25. The molecule has 0 aliphatic carbocycles. The Morgan fingerprint density at radius 1 is 1.03 bits per heavy atom. The molecule has 1 aliphatic heterocycles. The molecule has 4 rings (SSSR count). The van der Waals surface area contributed by atoms with E-state index in [-0.39, 0.29) is 23.7 Å². The molecule has 0 saturated carbocycles. The van der Waals surface area contributed by atoms with Crippen LogP contribution in [0.25, 0.3) is 5.76 Å². The number of rotatable bonds is 6. The fourth-order valence-electron chi connectivity index (χ4n) is 3.81. The molecule has 2 aromatic carbocycles. The predicted molar refractivity (Wildman–Crippen MR) is 119 cm³/mol. The molecule has 1 saturated heterocycles. The minimum Gasteiger partial charge on any atom is -0.507 e. The van der Waals surface area contributed by atoms with E-state index in [1.807, 2.05) is 36.6 Å². The molecule has 0 spiro atoms. The van der Waals surface area contributed by atoms with Crippen molar-refractivity contribution in [2.45, 2.75) is 25.8 Å². The number of carbonyl (C=O) groups is 2. The van der Waals surface area contributed by atoms with Crippen LogP contribution in [-0.4, -0.2) is 28.2 Å². The van der Waals surface area contributed by atoms with Crippen molar-refractivity contribution in [2.24, 2.45) is 0 Å². The fraction of sp³-hybridized carbons (Fsp3) is 0.200.